The predicted octanol–water partition coefficient (Wildman–Crippen LogP) is 4.59. The maximum atomic E-state index is 3.58. The van der Waals surface area contributed by atoms with Crippen LogP contribution in [0.4, 0.5) is 5.69 Å². The first-order chi connectivity index (χ1) is 8.06. The van der Waals surface area contributed by atoms with Gasteiger partial charge in [-0.1, -0.05) is 56.0 Å². The molecular formula is C15H21NSi. The Labute approximate surface area is 105 Å². The minimum absolute atomic E-state index is 0.941. The van der Waals surface area contributed by atoms with E-state index >= 15 is 0 Å². The Hall–Kier alpha value is -1.28. The Morgan fingerprint density at radius 1 is 0.941 bits per heavy atom. The zero-order valence-electron chi connectivity index (χ0n) is 11.0. The van der Waals surface area contributed by atoms with Crippen molar-refractivity contribution < 1.29 is 0 Å². The van der Waals surface area contributed by atoms with E-state index in [9.17, 15) is 0 Å². The lowest BCUT2D eigenvalue weighted by molar-refractivity contribution is 1.17. The standard InChI is InChI=1S/C15H21NSi/c1-17(2,3)12-11-16-15-10-6-8-13-7-4-5-9-14(13)15/h4-10,16H,11-12H2,1-3H3. The number of benzene rings is 2. The van der Waals surface area contributed by atoms with Crippen molar-refractivity contribution in [2.24, 2.45) is 0 Å². The molecule has 2 heteroatoms. The molecule has 0 spiro atoms. The molecule has 2 aromatic carbocycles. The first kappa shape index (κ1) is 12.2. The van der Waals surface area contributed by atoms with Gasteiger partial charge in [0, 0.05) is 25.7 Å². The predicted molar refractivity (Wildman–Crippen MR) is 80.6 cm³/mol. The van der Waals surface area contributed by atoms with Crippen LogP contribution in [0.2, 0.25) is 25.7 Å². The molecular weight excluding hydrogens is 222 g/mol. The minimum atomic E-state index is -0.941. The fourth-order valence-corrected chi connectivity index (χ4v) is 2.83. The molecule has 2 rings (SSSR count). The number of nitrogens with one attached hydrogen (secondary N) is 1. The number of hydrogen-bond acceptors (Lipinski definition) is 1. The van der Waals surface area contributed by atoms with Crippen LogP contribution in [-0.2, 0) is 0 Å². The Kier molecular flexibility index (Phi) is 3.53. The first-order valence-electron chi connectivity index (χ1n) is 6.28. The van der Waals surface area contributed by atoms with Gasteiger partial charge in [-0.25, -0.2) is 0 Å². The van der Waals surface area contributed by atoms with Gasteiger partial charge in [-0.05, 0) is 17.5 Å². The maximum absolute atomic E-state index is 3.58. The summed E-state index contributed by atoms with van der Waals surface area (Å²) in [6.07, 6.45) is 0. The molecule has 0 fully saturated rings. The van der Waals surface area contributed by atoms with Gasteiger partial charge in [0.05, 0.1) is 0 Å². The van der Waals surface area contributed by atoms with Crippen molar-refractivity contribution in [2.75, 3.05) is 11.9 Å². The van der Waals surface area contributed by atoms with Crippen molar-refractivity contribution in [3.8, 4) is 0 Å². The van der Waals surface area contributed by atoms with Crippen molar-refractivity contribution in [1.29, 1.82) is 0 Å². The SMILES string of the molecule is C[Si](C)(C)CCNc1cccc2ccccc12. The summed E-state index contributed by atoms with van der Waals surface area (Å²) in [6.45, 7) is 8.33. The summed E-state index contributed by atoms with van der Waals surface area (Å²) in [4.78, 5) is 0. The van der Waals surface area contributed by atoms with Crippen LogP contribution >= 0.6 is 0 Å². The van der Waals surface area contributed by atoms with Crippen LogP contribution in [0.3, 0.4) is 0 Å². The second-order valence-corrected chi connectivity index (χ2v) is 11.4. The number of fused-ring (bicyclic) bond motifs is 1. The molecule has 0 amide bonds. The van der Waals surface area contributed by atoms with Crippen molar-refractivity contribution in [2.45, 2.75) is 25.7 Å². The van der Waals surface area contributed by atoms with Gasteiger partial charge in [-0.2, -0.15) is 0 Å². The van der Waals surface area contributed by atoms with E-state index in [-0.39, 0.29) is 0 Å². The largest absolute Gasteiger partial charge is 0.385 e. The highest BCUT2D eigenvalue weighted by Crippen LogP contribution is 2.23. The van der Waals surface area contributed by atoms with Crippen LogP contribution in [0, 0.1) is 0 Å². The number of anilines is 1. The van der Waals surface area contributed by atoms with Crippen molar-refractivity contribution >= 4 is 24.5 Å². The monoisotopic (exact) mass is 243 g/mol. The normalized spacial score (nSPS) is 11.7. The zero-order chi connectivity index (χ0) is 12.3. The lowest BCUT2D eigenvalue weighted by Gasteiger charge is -2.17. The van der Waals surface area contributed by atoms with Gasteiger partial charge >= 0.3 is 0 Å². The van der Waals surface area contributed by atoms with Crippen LogP contribution in [0.1, 0.15) is 0 Å². The molecule has 2 aromatic rings. The number of hydrogen-bond donors (Lipinski definition) is 1. The quantitative estimate of drug-likeness (QED) is 0.774. The van der Waals surface area contributed by atoms with Crippen LogP contribution in [0.15, 0.2) is 42.5 Å². The van der Waals surface area contributed by atoms with Crippen molar-refractivity contribution in [3.05, 3.63) is 42.5 Å². The van der Waals surface area contributed by atoms with E-state index in [1.807, 2.05) is 0 Å². The second kappa shape index (κ2) is 4.92. The van der Waals surface area contributed by atoms with E-state index in [1.54, 1.807) is 0 Å². The summed E-state index contributed by atoms with van der Waals surface area (Å²) < 4.78 is 0. The molecule has 17 heavy (non-hydrogen) atoms. The molecule has 0 aromatic heterocycles. The lowest BCUT2D eigenvalue weighted by atomic mass is 10.1. The Bertz CT molecular complexity index is 494. The molecule has 1 N–H and O–H groups in total. The van der Waals surface area contributed by atoms with Crippen LogP contribution in [-0.4, -0.2) is 14.6 Å². The van der Waals surface area contributed by atoms with Crippen molar-refractivity contribution in [3.63, 3.8) is 0 Å². The van der Waals surface area contributed by atoms with E-state index in [2.05, 4.69) is 67.4 Å². The summed E-state index contributed by atoms with van der Waals surface area (Å²) >= 11 is 0. The third kappa shape index (κ3) is 3.33. The lowest BCUT2D eigenvalue weighted by Crippen LogP contribution is -2.23. The third-order valence-corrected chi connectivity index (χ3v) is 4.73. The summed E-state index contributed by atoms with van der Waals surface area (Å²) in [5.74, 6) is 0. The molecule has 0 heterocycles. The second-order valence-electron chi connectivity index (χ2n) is 5.76. The van der Waals surface area contributed by atoms with E-state index in [1.165, 1.54) is 22.5 Å². The smallest absolute Gasteiger partial charge is 0.0460 e. The highest BCUT2D eigenvalue weighted by Gasteiger charge is 2.11. The minimum Gasteiger partial charge on any atom is -0.385 e. The molecule has 90 valence electrons. The van der Waals surface area contributed by atoms with E-state index < -0.39 is 8.07 Å². The van der Waals surface area contributed by atoms with Gasteiger partial charge in [-0.3, -0.25) is 0 Å². The van der Waals surface area contributed by atoms with E-state index in [0.717, 1.165) is 6.54 Å². The summed E-state index contributed by atoms with van der Waals surface area (Å²) in [7, 11) is -0.941. The first-order valence-corrected chi connectivity index (χ1v) is 9.99. The maximum Gasteiger partial charge on any atom is 0.0460 e. The van der Waals surface area contributed by atoms with Gasteiger partial charge < -0.3 is 5.32 Å². The molecule has 0 atom stereocenters. The topological polar surface area (TPSA) is 12.0 Å². The average Bonchev–Trinajstić information content (AvgIpc) is 2.28. The Balaban J connectivity index is 2.13. The van der Waals surface area contributed by atoms with Gasteiger partial charge in [0.25, 0.3) is 0 Å². The molecule has 0 saturated carbocycles. The molecule has 0 aliphatic carbocycles. The molecule has 0 aliphatic rings. The molecule has 0 saturated heterocycles. The third-order valence-electron chi connectivity index (χ3n) is 2.98. The van der Waals surface area contributed by atoms with Gasteiger partial charge in [-0.15, -0.1) is 0 Å². The van der Waals surface area contributed by atoms with Crippen molar-refractivity contribution in [1.82, 2.24) is 0 Å². The molecule has 1 nitrogen and oxygen atoms in total. The highest BCUT2D eigenvalue weighted by molar-refractivity contribution is 6.76. The van der Waals surface area contributed by atoms with E-state index in [0.29, 0.717) is 0 Å². The summed E-state index contributed by atoms with van der Waals surface area (Å²) in [5.41, 5.74) is 1.27. The summed E-state index contributed by atoms with van der Waals surface area (Å²) in [5, 5.41) is 6.21. The fraction of sp³-hybridized carbons (Fsp3) is 0.333. The van der Waals surface area contributed by atoms with Crippen LogP contribution < -0.4 is 5.32 Å². The summed E-state index contributed by atoms with van der Waals surface area (Å²) in [6, 6.07) is 16.3. The van der Waals surface area contributed by atoms with Gasteiger partial charge in [0.15, 0.2) is 0 Å². The zero-order valence-corrected chi connectivity index (χ0v) is 12.0. The van der Waals surface area contributed by atoms with E-state index in [4.69, 9.17) is 0 Å². The van der Waals surface area contributed by atoms with Crippen LogP contribution in [0.5, 0.6) is 0 Å². The fourth-order valence-electron chi connectivity index (χ4n) is 1.95. The molecule has 0 radical (unpaired) electrons. The van der Waals surface area contributed by atoms with Gasteiger partial charge in [0.2, 0.25) is 0 Å². The molecule has 0 aliphatic heterocycles. The van der Waals surface area contributed by atoms with Gasteiger partial charge in [0.1, 0.15) is 0 Å². The Morgan fingerprint density at radius 3 is 2.41 bits per heavy atom. The molecule has 0 bridgehead atoms. The average molecular weight is 243 g/mol. The Morgan fingerprint density at radius 2 is 1.65 bits per heavy atom. The number of rotatable bonds is 4. The molecule has 0 unspecified atom stereocenters. The highest BCUT2D eigenvalue weighted by atomic mass is 28.3. The van der Waals surface area contributed by atoms with Crippen LogP contribution in [0.25, 0.3) is 10.8 Å².